The Labute approximate surface area is 125 Å². The minimum Gasteiger partial charge on any atom is -0.372 e. The molecule has 1 atom stereocenters. The Bertz CT molecular complexity index is 654. The maximum atomic E-state index is 14.3. The summed E-state index contributed by atoms with van der Waals surface area (Å²) in [4.78, 5) is 0. The third kappa shape index (κ3) is 2.85. The summed E-state index contributed by atoms with van der Waals surface area (Å²) in [6, 6.07) is 11.6. The van der Waals surface area contributed by atoms with E-state index in [0.717, 1.165) is 17.7 Å². The maximum Gasteiger partial charge on any atom is 0.128 e. The normalized spacial score (nSPS) is 15.0. The average Bonchev–Trinajstić information content (AvgIpc) is 2.93. The van der Waals surface area contributed by atoms with Crippen molar-refractivity contribution in [3.8, 4) is 0 Å². The summed E-state index contributed by atoms with van der Waals surface area (Å²) in [6.07, 6.45) is 0. The Morgan fingerprint density at radius 2 is 1.95 bits per heavy atom. The van der Waals surface area contributed by atoms with E-state index >= 15 is 0 Å². The lowest BCUT2D eigenvalue weighted by Crippen LogP contribution is -2.23. The van der Waals surface area contributed by atoms with E-state index in [-0.39, 0.29) is 11.9 Å². The molecule has 1 aliphatic rings. The molecule has 0 saturated heterocycles. The Kier molecular flexibility index (Phi) is 4.04. The standard InChI is InChI=1S/C18H20FNO/c1-3-20-18(16-7-4-12(2)8-17(16)19)13-5-6-14-10-21-11-15(14)9-13/h4-9,18,20H,3,10-11H2,1-2H3. The molecule has 21 heavy (non-hydrogen) atoms. The minimum absolute atomic E-state index is 0.124. The third-order valence-electron chi connectivity index (χ3n) is 3.95. The molecule has 0 saturated carbocycles. The molecule has 0 fully saturated rings. The highest BCUT2D eigenvalue weighted by atomic mass is 19.1. The number of aryl methyl sites for hydroxylation is 1. The summed E-state index contributed by atoms with van der Waals surface area (Å²) >= 11 is 0. The van der Waals surface area contributed by atoms with Crippen molar-refractivity contribution in [2.24, 2.45) is 0 Å². The largest absolute Gasteiger partial charge is 0.372 e. The van der Waals surface area contributed by atoms with E-state index in [9.17, 15) is 4.39 Å². The fourth-order valence-electron chi connectivity index (χ4n) is 2.85. The summed E-state index contributed by atoms with van der Waals surface area (Å²) in [5.74, 6) is -0.155. The Morgan fingerprint density at radius 3 is 2.71 bits per heavy atom. The van der Waals surface area contributed by atoms with Crippen LogP contribution in [-0.4, -0.2) is 6.54 Å². The fourth-order valence-corrected chi connectivity index (χ4v) is 2.85. The van der Waals surface area contributed by atoms with Gasteiger partial charge in [-0.3, -0.25) is 0 Å². The fraction of sp³-hybridized carbons (Fsp3) is 0.333. The molecule has 2 nitrogen and oxygen atoms in total. The van der Waals surface area contributed by atoms with Crippen LogP contribution >= 0.6 is 0 Å². The predicted molar refractivity (Wildman–Crippen MR) is 81.6 cm³/mol. The van der Waals surface area contributed by atoms with Crippen LogP contribution in [0.2, 0.25) is 0 Å². The van der Waals surface area contributed by atoms with Crippen molar-refractivity contribution < 1.29 is 9.13 Å². The molecule has 0 aromatic heterocycles. The van der Waals surface area contributed by atoms with Crippen LogP contribution in [0.4, 0.5) is 4.39 Å². The van der Waals surface area contributed by atoms with Gasteiger partial charge in [0.25, 0.3) is 0 Å². The molecule has 0 aliphatic carbocycles. The van der Waals surface area contributed by atoms with Crippen LogP contribution in [0.3, 0.4) is 0 Å². The highest BCUT2D eigenvalue weighted by Gasteiger charge is 2.19. The van der Waals surface area contributed by atoms with Crippen molar-refractivity contribution in [2.45, 2.75) is 33.1 Å². The number of benzene rings is 2. The lowest BCUT2D eigenvalue weighted by Gasteiger charge is -2.20. The van der Waals surface area contributed by atoms with Crippen LogP contribution in [-0.2, 0) is 18.0 Å². The van der Waals surface area contributed by atoms with Gasteiger partial charge < -0.3 is 10.1 Å². The Morgan fingerprint density at radius 1 is 1.14 bits per heavy atom. The first-order chi connectivity index (χ1) is 10.2. The number of hydrogen-bond donors (Lipinski definition) is 1. The van der Waals surface area contributed by atoms with Gasteiger partial charge in [-0.05, 0) is 41.8 Å². The number of halogens is 1. The molecule has 0 bridgehead atoms. The van der Waals surface area contributed by atoms with Gasteiger partial charge in [0, 0.05) is 5.56 Å². The van der Waals surface area contributed by atoms with Crippen molar-refractivity contribution >= 4 is 0 Å². The van der Waals surface area contributed by atoms with Gasteiger partial charge in [0.2, 0.25) is 0 Å². The Hall–Kier alpha value is -1.71. The van der Waals surface area contributed by atoms with Crippen LogP contribution in [0, 0.1) is 12.7 Å². The second kappa shape index (κ2) is 5.96. The van der Waals surface area contributed by atoms with Gasteiger partial charge in [0.1, 0.15) is 5.82 Å². The van der Waals surface area contributed by atoms with Crippen LogP contribution in [0.15, 0.2) is 36.4 Å². The number of nitrogens with one attached hydrogen (secondary N) is 1. The first-order valence-electron chi connectivity index (χ1n) is 7.38. The molecule has 2 aromatic carbocycles. The van der Waals surface area contributed by atoms with Crippen molar-refractivity contribution in [2.75, 3.05) is 6.54 Å². The smallest absolute Gasteiger partial charge is 0.128 e. The second-order valence-electron chi connectivity index (χ2n) is 5.54. The second-order valence-corrected chi connectivity index (χ2v) is 5.54. The molecule has 2 aromatic rings. The first-order valence-corrected chi connectivity index (χ1v) is 7.38. The summed E-state index contributed by atoms with van der Waals surface area (Å²) in [6.45, 7) is 6.06. The molecule has 110 valence electrons. The molecular formula is C18H20FNO. The van der Waals surface area contributed by atoms with Gasteiger partial charge >= 0.3 is 0 Å². The van der Waals surface area contributed by atoms with Gasteiger partial charge in [-0.25, -0.2) is 4.39 Å². The van der Waals surface area contributed by atoms with E-state index < -0.39 is 0 Å². The molecule has 1 heterocycles. The number of fused-ring (bicyclic) bond motifs is 1. The molecule has 0 radical (unpaired) electrons. The summed E-state index contributed by atoms with van der Waals surface area (Å²) in [5.41, 5.74) is 5.17. The molecule has 0 amide bonds. The van der Waals surface area contributed by atoms with E-state index in [1.165, 1.54) is 11.1 Å². The highest BCUT2D eigenvalue weighted by Crippen LogP contribution is 2.29. The number of hydrogen-bond acceptors (Lipinski definition) is 2. The average molecular weight is 285 g/mol. The van der Waals surface area contributed by atoms with Crippen LogP contribution < -0.4 is 5.32 Å². The number of ether oxygens (including phenoxy) is 1. The van der Waals surface area contributed by atoms with E-state index in [0.29, 0.717) is 18.8 Å². The van der Waals surface area contributed by atoms with E-state index in [1.807, 2.05) is 26.0 Å². The minimum atomic E-state index is -0.155. The van der Waals surface area contributed by atoms with Gasteiger partial charge in [-0.1, -0.05) is 37.3 Å². The Balaban J connectivity index is 2.01. The summed E-state index contributed by atoms with van der Waals surface area (Å²) in [7, 11) is 0. The summed E-state index contributed by atoms with van der Waals surface area (Å²) in [5, 5.41) is 3.39. The van der Waals surface area contributed by atoms with Crippen LogP contribution in [0.5, 0.6) is 0 Å². The van der Waals surface area contributed by atoms with E-state index in [4.69, 9.17) is 4.74 Å². The maximum absolute atomic E-state index is 14.3. The van der Waals surface area contributed by atoms with Crippen molar-refractivity contribution in [3.63, 3.8) is 0 Å². The van der Waals surface area contributed by atoms with Crippen molar-refractivity contribution in [1.82, 2.24) is 5.32 Å². The molecule has 0 spiro atoms. The topological polar surface area (TPSA) is 21.3 Å². The molecule has 1 N–H and O–H groups in total. The molecule has 1 unspecified atom stereocenters. The van der Waals surface area contributed by atoms with Crippen LogP contribution in [0.25, 0.3) is 0 Å². The van der Waals surface area contributed by atoms with E-state index in [1.54, 1.807) is 6.07 Å². The molecule has 3 heteroatoms. The number of rotatable bonds is 4. The zero-order valence-electron chi connectivity index (χ0n) is 12.4. The summed E-state index contributed by atoms with van der Waals surface area (Å²) < 4.78 is 19.8. The lowest BCUT2D eigenvalue weighted by molar-refractivity contribution is 0.134. The van der Waals surface area contributed by atoms with Gasteiger partial charge in [0.15, 0.2) is 0 Å². The first kappa shape index (κ1) is 14.2. The predicted octanol–water partition coefficient (Wildman–Crippen LogP) is 3.86. The van der Waals surface area contributed by atoms with Crippen LogP contribution in [0.1, 0.15) is 40.8 Å². The van der Waals surface area contributed by atoms with E-state index in [2.05, 4.69) is 23.5 Å². The SMILES string of the molecule is CCNC(c1ccc2c(c1)COC2)c1ccc(C)cc1F. The molecule has 3 rings (SSSR count). The monoisotopic (exact) mass is 285 g/mol. The molecular weight excluding hydrogens is 265 g/mol. The zero-order chi connectivity index (χ0) is 14.8. The van der Waals surface area contributed by atoms with Gasteiger partial charge in [0.05, 0.1) is 19.3 Å². The quantitative estimate of drug-likeness (QED) is 0.921. The lowest BCUT2D eigenvalue weighted by atomic mass is 9.94. The third-order valence-corrected chi connectivity index (χ3v) is 3.95. The zero-order valence-corrected chi connectivity index (χ0v) is 12.4. The van der Waals surface area contributed by atoms with Gasteiger partial charge in [-0.15, -0.1) is 0 Å². The highest BCUT2D eigenvalue weighted by molar-refractivity contribution is 5.40. The molecule has 1 aliphatic heterocycles. The van der Waals surface area contributed by atoms with Crippen molar-refractivity contribution in [1.29, 1.82) is 0 Å². The van der Waals surface area contributed by atoms with Gasteiger partial charge in [-0.2, -0.15) is 0 Å². The van der Waals surface area contributed by atoms with Crippen molar-refractivity contribution in [3.05, 3.63) is 70.0 Å².